The fraction of sp³-hybridized carbons (Fsp3) is 0.316. The van der Waals surface area contributed by atoms with Gasteiger partial charge in [-0.3, -0.25) is 0 Å². The van der Waals surface area contributed by atoms with E-state index in [-0.39, 0.29) is 6.03 Å². The quantitative estimate of drug-likeness (QED) is 0.744. The summed E-state index contributed by atoms with van der Waals surface area (Å²) in [5.74, 6) is -0.406. The van der Waals surface area contributed by atoms with E-state index in [4.69, 9.17) is 10.5 Å². The lowest BCUT2D eigenvalue weighted by Crippen LogP contribution is -2.37. The Kier molecular flexibility index (Phi) is 6.80. The third kappa shape index (κ3) is 5.35. The van der Waals surface area contributed by atoms with E-state index in [1.165, 1.54) is 12.1 Å². The normalized spacial score (nSPS) is 10.5. The monoisotopic (exact) mass is 360 g/mol. The lowest BCUT2D eigenvalue weighted by atomic mass is 10.1. The van der Waals surface area contributed by atoms with E-state index in [1.807, 2.05) is 37.2 Å². The fourth-order valence-electron chi connectivity index (χ4n) is 2.60. The molecule has 7 heteroatoms. The van der Waals surface area contributed by atoms with Crippen LogP contribution in [0.4, 0.5) is 26.2 Å². The van der Waals surface area contributed by atoms with Gasteiger partial charge in [0.25, 0.3) is 0 Å². The topological polar surface area (TPSA) is 70.8 Å². The number of hydrogen-bond acceptors (Lipinski definition) is 4. The van der Waals surface area contributed by atoms with E-state index in [1.54, 1.807) is 24.1 Å². The standard InChI is InChI=1S/C19H25FN4O2/c1-23(2)18-8-7-16(21)11-14(18)13-24(9-10-26-3)19(25)22-17-6-4-5-15(20)12-17/h4-8,11-12H,9-10,13,21H2,1-3H3,(H,22,25). The molecule has 2 aromatic rings. The van der Waals surface area contributed by atoms with Crippen LogP contribution < -0.4 is 16.0 Å². The Labute approximate surface area is 153 Å². The molecule has 0 atom stereocenters. The summed E-state index contributed by atoms with van der Waals surface area (Å²) in [4.78, 5) is 16.3. The number of carbonyl (C=O) groups excluding carboxylic acids is 1. The van der Waals surface area contributed by atoms with Gasteiger partial charge in [-0.05, 0) is 42.0 Å². The van der Waals surface area contributed by atoms with Crippen LogP contribution in [0.25, 0.3) is 0 Å². The van der Waals surface area contributed by atoms with Gasteiger partial charge < -0.3 is 25.6 Å². The first-order valence-corrected chi connectivity index (χ1v) is 8.27. The van der Waals surface area contributed by atoms with Gasteiger partial charge in [0.05, 0.1) is 6.61 Å². The minimum absolute atomic E-state index is 0.334. The highest BCUT2D eigenvalue weighted by molar-refractivity contribution is 5.89. The van der Waals surface area contributed by atoms with Gasteiger partial charge in [-0.1, -0.05) is 6.07 Å². The van der Waals surface area contributed by atoms with Crippen molar-refractivity contribution in [2.24, 2.45) is 0 Å². The van der Waals surface area contributed by atoms with E-state index in [9.17, 15) is 9.18 Å². The molecule has 0 aliphatic carbocycles. The molecule has 3 N–H and O–H groups in total. The number of nitrogens with zero attached hydrogens (tertiary/aromatic N) is 2. The smallest absolute Gasteiger partial charge is 0.322 e. The largest absolute Gasteiger partial charge is 0.399 e. The van der Waals surface area contributed by atoms with Crippen molar-refractivity contribution in [1.82, 2.24) is 4.90 Å². The highest BCUT2D eigenvalue weighted by Gasteiger charge is 2.17. The Bertz CT molecular complexity index is 752. The fourth-order valence-corrected chi connectivity index (χ4v) is 2.60. The predicted octanol–water partition coefficient (Wildman–Crippen LogP) is 3.15. The number of amides is 2. The van der Waals surface area contributed by atoms with Crippen molar-refractivity contribution in [3.05, 3.63) is 53.8 Å². The van der Waals surface area contributed by atoms with E-state index < -0.39 is 5.82 Å². The third-order valence-corrected chi connectivity index (χ3v) is 3.87. The van der Waals surface area contributed by atoms with Crippen LogP contribution in [-0.4, -0.2) is 45.3 Å². The second-order valence-electron chi connectivity index (χ2n) is 6.14. The SMILES string of the molecule is COCCN(Cc1cc(N)ccc1N(C)C)C(=O)Nc1cccc(F)c1. The maximum absolute atomic E-state index is 13.4. The predicted molar refractivity (Wildman–Crippen MR) is 103 cm³/mol. The molecule has 0 saturated carbocycles. The molecule has 140 valence electrons. The number of benzene rings is 2. The molecule has 0 unspecified atom stereocenters. The molecule has 0 aliphatic rings. The van der Waals surface area contributed by atoms with Gasteiger partial charge in [0.2, 0.25) is 0 Å². The van der Waals surface area contributed by atoms with Gasteiger partial charge >= 0.3 is 6.03 Å². The van der Waals surface area contributed by atoms with Crippen LogP contribution in [0.5, 0.6) is 0 Å². The molecule has 2 aromatic carbocycles. The third-order valence-electron chi connectivity index (χ3n) is 3.87. The molecule has 6 nitrogen and oxygen atoms in total. The lowest BCUT2D eigenvalue weighted by molar-refractivity contribution is 0.153. The van der Waals surface area contributed by atoms with Gasteiger partial charge in [0.15, 0.2) is 0 Å². The Morgan fingerprint density at radius 2 is 2.00 bits per heavy atom. The number of rotatable bonds is 7. The highest BCUT2D eigenvalue weighted by atomic mass is 19.1. The van der Waals surface area contributed by atoms with Crippen LogP contribution in [0.1, 0.15) is 5.56 Å². The van der Waals surface area contributed by atoms with E-state index in [2.05, 4.69) is 5.32 Å². The average Bonchev–Trinajstić information content (AvgIpc) is 2.58. The van der Waals surface area contributed by atoms with Crippen LogP contribution in [-0.2, 0) is 11.3 Å². The molecular weight excluding hydrogens is 335 g/mol. The molecule has 2 rings (SSSR count). The number of carbonyl (C=O) groups is 1. The first-order chi connectivity index (χ1) is 12.4. The second-order valence-corrected chi connectivity index (χ2v) is 6.14. The molecule has 0 radical (unpaired) electrons. The summed E-state index contributed by atoms with van der Waals surface area (Å²) in [5.41, 5.74) is 8.83. The van der Waals surface area contributed by atoms with Crippen molar-refractivity contribution in [3.63, 3.8) is 0 Å². The van der Waals surface area contributed by atoms with Crippen molar-refractivity contribution in [2.75, 3.05) is 50.3 Å². The molecule has 2 amide bonds. The van der Waals surface area contributed by atoms with Gasteiger partial charge in [-0.15, -0.1) is 0 Å². The molecule has 0 spiro atoms. The Hall–Kier alpha value is -2.80. The van der Waals surface area contributed by atoms with Gasteiger partial charge in [0, 0.05) is 51.4 Å². The molecule has 0 aromatic heterocycles. The zero-order valence-corrected chi connectivity index (χ0v) is 15.3. The summed E-state index contributed by atoms with van der Waals surface area (Å²) in [6, 6.07) is 11.1. The van der Waals surface area contributed by atoms with Gasteiger partial charge in [0.1, 0.15) is 5.82 Å². The number of nitrogens with two attached hydrogens (primary N) is 1. The van der Waals surface area contributed by atoms with Crippen LogP contribution in [0.15, 0.2) is 42.5 Å². The Morgan fingerprint density at radius 1 is 1.23 bits per heavy atom. The summed E-state index contributed by atoms with van der Waals surface area (Å²) < 4.78 is 18.5. The molecule has 0 fully saturated rings. The highest BCUT2D eigenvalue weighted by Crippen LogP contribution is 2.23. The van der Waals surface area contributed by atoms with E-state index in [0.717, 1.165) is 11.3 Å². The minimum Gasteiger partial charge on any atom is -0.399 e. The summed E-state index contributed by atoms with van der Waals surface area (Å²) in [7, 11) is 5.44. The van der Waals surface area contributed by atoms with E-state index >= 15 is 0 Å². The first kappa shape index (κ1) is 19.5. The summed E-state index contributed by atoms with van der Waals surface area (Å²) in [6.07, 6.45) is 0. The van der Waals surface area contributed by atoms with Crippen LogP contribution in [0.3, 0.4) is 0 Å². The minimum atomic E-state index is -0.406. The van der Waals surface area contributed by atoms with Gasteiger partial charge in [-0.2, -0.15) is 0 Å². The van der Waals surface area contributed by atoms with Crippen molar-refractivity contribution in [2.45, 2.75) is 6.54 Å². The molecule has 26 heavy (non-hydrogen) atoms. The molecule has 0 aliphatic heterocycles. The van der Waals surface area contributed by atoms with E-state index in [0.29, 0.717) is 31.1 Å². The molecule has 0 saturated heterocycles. The van der Waals surface area contributed by atoms with Crippen LogP contribution >= 0.6 is 0 Å². The molecule has 0 heterocycles. The Morgan fingerprint density at radius 3 is 2.65 bits per heavy atom. The summed E-state index contributed by atoms with van der Waals surface area (Å²) >= 11 is 0. The zero-order valence-electron chi connectivity index (χ0n) is 15.3. The van der Waals surface area contributed by atoms with Crippen molar-refractivity contribution >= 4 is 23.1 Å². The number of nitrogen functional groups attached to an aromatic ring is 1. The lowest BCUT2D eigenvalue weighted by Gasteiger charge is -2.26. The second kappa shape index (κ2) is 9.05. The van der Waals surface area contributed by atoms with Crippen molar-refractivity contribution in [3.8, 4) is 0 Å². The number of hydrogen-bond donors (Lipinski definition) is 2. The van der Waals surface area contributed by atoms with Crippen molar-refractivity contribution in [1.29, 1.82) is 0 Å². The molecule has 0 bridgehead atoms. The maximum Gasteiger partial charge on any atom is 0.322 e. The molecular formula is C19H25FN4O2. The number of nitrogens with one attached hydrogen (secondary N) is 1. The number of methoxy groups -OCH3 is 1. The summed E-state index contributed by atoms with van der Waals surface area (Å²) in [5, 5.41) is 2.72. The number of halogens is 1. The summed E-state index contributed by atoms with van der Waals surface area (Å²) in [6.45, 7) is 1.12. The van der Waals surface area contributed by atoms with Crippen LogP contribution in [0, 0.1) is 5.82 Å². The van der Waals surface area contributed by atoms with Crippen molar-refractivity contribution < 1.29 is 13.9 Å². The maximum atomic E-state index is 13.4. The first-order valence-electron chi connectivity index (χ1n) is 8.27. The van der Waals surface area contributed by atoms with Crippen LogP contribution in [0.2, 0.25) is 0 Å². The average molecular weight is 360 g/mol. The zero-order chi connectivity index (χ0) is 19.1. The van der Waals surface area contributed by atoms with Gasteiger partial charge in [-0.25, -0.2) is 9.18 Å². The number of anilines is 3. The number of ether oxygens (including phenoxy) is 1. The Balaban J connectivity index is 2.21. The number of urea groups is 1.